The molecule has 0 bridgehead atoms. The highest BCUT2D eigenvalue weighted by Gasteiger charge is 2.13. The smallest absolute Gasteiger partial charge is 0.241 e. The van der Waals surface area contributed by atoms with E-state index in [4.69, 9.17) is 11.6 Å². The molecule has 2 heterocycles. The first-order valence-corrected chi connectivity index (χ1v) is 5.68. The summed E-state index contributed by atoms with van der Waals surface area (Å²) in [4.78, 5) is 16.0. The topological polar surface area (TPSA) is 88.8 Å². The summed E-state index contributed by atoms with van der Waals surface area (Å²) in [6, 6.07) is 0. The molecule has 0 aliphatic carbocycles. The first kappa shape index (κ1) is 12.7. The standard InChI is InChI=1S/C10H13ClN6O/c1-10(2,18)5-13-8-14-7(11)15-9(16-8)17-4-3-12-6-17/h3-4,6,18H,5H2,1-2H3,(H,13,14,15,16). The van der Waals surface area contributed by atoms with Crippen molar-refractivity contribution < 1.29 is 5.11 Å². The zero-order valence-electron chi connectivity index (χ0n) is 10.0. The number of hydrogen-bond acceptors (Lipinski definition) is 6. The fourth-order valence-corrected chi connectivity index (χ4v) is 1.36. The Morgan fingerprint density at radius 1 is 1.39 bits per heavy atom. The Balaban J connectivity index is 2.22. The second-order valence-electron chi connectivity index (χ2n) is 4.36. The van der Waals surface area contributed by atoms with E-state index >= 15 is 0 Å². The van der Waals surface area contributed by atoms with Gasteiger partial charge in [0, 0.05) is 18.9 Å². The van der Waals surface area contributed by atoms with Gasteiger partial charge in [-0.15, -0.1) is 0 Å². The number of aliphatic hydroxyl groups is 1. The molecule has 0 radical (unpaired) electrons. The monoisotopic (exact) mass is 268 g/mol. The van der Waals surface area contributed by atoms with Gasteiger partial charge in [-0.25, -0.2) is 4.98 Å². The molecule has 0 fully saturated rings. The maximum atomic E-state index is 9.62. The van der Waals surface area contributed by atoms with Crippen molar-refractivity contribution in [3.8, 4) is 5.95 Å². The fraction of sp³-hybridized carbons (Fsp3) is 0.400. The predicted molar refractivity (Wildman–Crippen MR) is 66.7 cm³/mol. The minimum absolute atomic E-state index is 0.0759. The number of hydrogen-bond donors (Lipinski definition) is 2. The molecule has 0 saturated carbocycles. The summed E-state index contributed by atoms with van der Waals surface area (Å²) in [5.41, 5.74) is -0.867. The molecule has 0 spiro atoms. The Hall–Kier alpha value is -1.73. The number of nitrogens with one attached hydrogen (secondary N) is 1. The first-order valence-electron chi connectivity index (χ1n) is 5.30. The van der Waals surface area contributed by atoms with Crippen LogP contribution in [0.2, 0.25) is 5.28 Å². The molecule has 0 aliphatic rings. The lowest BCUT2D eigenvalue weighted by Crippen LogP contribution is -2.30. The number of rotatable bonds is 4. The van der Waals surface area contributed by atoms with Crippen LogP contribution in [0.4, 0.5) is 5.95 Å². The third-order valence-corrected chi connectivity index (χ3v) is 2.18. The van der Waals surface area contributed by atoms with E-state index in [-0.39, 0.29) is 5.28 Å². The van der Waals surface area contributed by atoms with E-state index in [1.165, 1.54) is 0 Å². The van der Waals surface area contributed by atoms with Crippen LogP contribution >= 0.6 is 11.6 Å². The summed E-state index contributed by atoms with van der Waals surface area (Å²) in [6.45, 7) is 3.66. The third-order valence-electron chi connectivity index (χ3n) is 2.01. The molecule has 0 unspecified atom stereocenters. The quantitative estimate of drug-likeness (QED) is 0.856. The Morgan fingerprint density at radius 3 is 2.78 bits per heavy atom. The van der Waals surface area contributed by atoms with Crippen molar-refractivity contribution in [3.63, 3.8) is 0 Å². The number of imidazole rings is 1. The van der Waals surface area contributed by atoms with E-state index in [1.807, 2.05) is 0 Å². The van der Waals surface area contributed by atoms with Gasteiger partial charge in [-0.1, -0.05) is 0 Å². The fourth-order valence-electron chi connectivity index (χ4n) is 1.21. The van der Waals surface area contributed by atoms with E-state index in [2.05, 4.69) is 25.3 Å². The van der Waals surface area contributed by atoms with Gasteiger partial charge >= 0.3 is 0 Å². The molecule has 2 N–H and O–H groups in total. The van der Waals surface area contributed by atoms with Gasteiger partial charge in [0.2, 0.25) is 17.2 Å². The summed E-state index contributed by atoms with van der Waals surface area (Å²) in [5, 5.41) is 12.6. The molecule has 7 nitrogen and oxygen atoms in total. The average Bonchev–Trinajstić information content (AvgIpc) is 2.78. The van der Waals surface area contributed by atoms with Crippen LogP contribution in [0.15, 0.2) is 18.7 Å². The van der Waals surface area contributed by atoms with Crippen molar-refractivity contribution in [2.45, 2.75) is 19.4 Å². The van der Waals surface area contributed by atoms with E-state index < -0.39 is 5.60 Å². The lowest BCUT2D eigenvalue weighted by molar-refractivity contribution is 0.0943. The maximum absolute atomic E-state index is 9.62. The summed E-state index contributed by atoms with van der Waals surface area (Å²) in [5.74, 6) is 0.673. The molecule has 18 heavy (non-hydrogen) atoms. The van der Waals surface area contributed by atoms with Crippen LogP contribution in [-0.4, -0.2) is 41.8 Å². The number of aromatic nitrogens is 5. The molecule has 0 aliphatic heterocycles. The van der Waals surface area contributed by atoms with Crippen LogP contribution in [-0.2, 0) is 0 Å². The van der Waals surface area contributed by atoms with Crippen molar-refractivity contribution in [2.24, 2.45) is 0 Å². The first-order chi connectivity index (χ1) is 8.44. The zero-order chi connectivity index (χ0) is 13.2. The zero-order valence-corrected chi connectivity index (χ0v) is 10.8. The highest BCUT2D eigenvalue weighted by Crippen LogP contribution is 2.10. The highest BCUT2D eigenvalue weighted by molar-refractivity contribution is 6.28. The van der Waals surface area contributed by atoms with Crippen molar-refractivity contribution in [3.05, 3.63) is 24.0 Å². The Morgan fingerprint density at radius 2 is 2.17 bits per heavy atom. The summed E-state index contributed by atoms with van der Waals surface area (Å²) >= 11 is 5.82. The van der Waals surface area contributed by atoms with Gasteiger partial charge < -0.3 is 10.4 Å². The Labute approximate surface area is 109 Å². The van der Waals surface area contributed by atoms with Gasteiger partial charge in [0.15, 0.2) is 0 Å². The molecule has 2 aromatic rings. The molecular formula is C10H13ClN6O. The molecule has 0 atom stereocenters. The Bertz CT molecular complexity index is 522. The third kappa shape index (κ3) is 3.38. The van der Waals surface area contributed by atoms with Crippen molar-refractivity contribution >= 4 is 17.5 Å². The van der Waals surface area contributed by atoms with Crippen LogP contribution in [0.25, 0.3) is 5.95 Å². The summed E-state index contributed by atoms with van der Waals surface area (Å²) < 4.78 is 1.61. The van der Waals surface area contributed by atoms with E-state index in [9.17, 15) is 5.11 Å². The lowest BCUT2D eigenvalue weighted by atomic mass is 10.1. The number of halogens is 1. The molecule has 2 rings (SSSR count). The van der Waals surface area contributed by atoms with Crippen LogP contribution < -0.4 is 5.32 Å². The lowest BCUT2D eigenvalue weighted by Gasteiger charge is -2.17. The molecule has 0 amide bonds. The molecular weight excluding hydrogens is 256 g/mol. The molecule has 0 aromatic carbocycles. The average molecular weight is 269 g/mol. The summed E-state index contributed by atoms with van der Waals surface area (Å²) in [7, 11) is 0. The van der Waals surface area contributed by atoms with Gasteiger partial charge in [-0.3, -0.25) is 4.57 Å². The SMILES string of the molecule is CC(C)(O)CNc1nc(Cl)nc(-n2ccnc2)n1. The van der Waals surface area contributed by atoms with Crippen molar-refractivity contribution in [2.75, 3.05) is 11.9 Å². The van der Waals surface area contributed by atoms with Crippen LogP contribution in [0.3, 0.4) is 0 Å². The Kier molecular flexibility index (Phi) is 3.44. The number of nitrogens with zero attached hydrogens (tertiary/aromatic N) is 5. The molecule has 96 valence electrons. The van der Waals surface area contributed by atoms with Gasteiger partial charge in [-0.2, -0.15) is 15.0 Å². The molecule has 0 saturated heterocycles. The molecule has 8 heteroatoms. The van der Waals surface area contributed by atoms with Crippen molar-refractivity contribution in [1.29, 1.82) is 0 Å². The summed E-state index contributed by atoms with van der Waals surface area (Å²) in [6.07, 6.45) is 4.87. The normalized spacial score (nSPS) is 11.6. The minimum atomic E-state index is -0.867. The van der Waals surface area contributed by atoms with Crippen molar-refractivity contribution in [1.82, 2.24) is 24.5 Å². The largest absolute Gasteiger partial charge is 0.389 e. The van der Waals surface area contributed by atoms with Gasteiger partial charge in [0.05, 0.1) is 5.60 Å². The number of anilines is 1. The minimum Gasteiger partial charge on any atom is -0.389 e. The van der Waals surface area contributed by atoms with Gasteiger partial charge in [0.25, 0.3) is 0 Å². The van der Waals surface area contributed by atoms with Crippen LogP contribution in [0, 0.1) is 0 Å². The predicted octanol–water partition coefficient (Wildman–Crippen LogP) is 0.893. The second-order valence-corrected chi connectivity index (χ2v) is 4.70. The molecule has 2 aromatic heterocycles. The van der Waals surface area contributed by atoms with E-state index in [1.54, 1.807) is 37.1 Å². The highest BCUT2D eigenvalue weighted by atomic mass is 35.5. The van der Waals surface area contributed by atoms with E-state index in [0.29, 0.717) is 18.4 Å². The van der Waals surface area contributed by atoms with Crippen LogP contribution in [0.5, 0.6) is 0 Å². The second kappa shape index (κ2) is 4.87. The maximum Gasteiger partial charge on any atom is 0.241 e. The van der Waals surface area contributed by atoms with Crippen LogP contribution in [0.1, 0.15) is 13.8 Å². The van der Waals surface area contributed by atoms with E-state index in [0.717, 1.165) is 0 Å². The van der Waals surface area contributed by atoms with Gasteiger partial charge in [-0.05, 0) is 25.4 Å². The van der Waals surface area contributed by atoms with Gasteiger partial charge in [0.1, 0.15) is 6.33 Å².